The van der Waals surface area contributed by atoms with E-state index in [2.05, 4.69) is 19.9 Å². The van der Waals surface area contributed by atoms with Crippen LogP contribution in [-0.4, -0.2) is 58.5 Å². The summed E-state index contributed by atoms with van der Waals surface area (Å²) < 4.78 is 24.7. The Labute approximate surface area is 172 Å². The molecule has 1 fully saturated rings. The summed E-state index contributed by atoms with van der Waals surface area (Å²) in [5.41, 5.74) is 3.26. The Hall–Kier alpha value is -2.72. The van der Waals surface area contributed by atoms with Crippen LogP contribution in [-0.2, 0) is 9.84 Å². The Morgan fingerprint density at radius 3 is 2.72 bits per heavy atom. The lowest BCUT2D eigenvalue weighted by Gasteiger charge is -2.32. The lowest BCUT2D eigenvalue weighted by Crippen LogP contribution is -2.39. The van der Waals surface area contributed by atoms with Gasteiger partial charge in [0.15, 0.2) is 15.7 Å². The van der Waals surface area contributed by atoms with Crippen molar-refractivity contribution in [1.29, 1.82) is 0 Å². The molecule has 1 amide bonds. The van der Waals surface area contributed by atoms with E-state index in [1.54, 1.807) is 40.3 Å². The van der Waals surface area contributed by atoms with E-state index in [0.717, 1.165) is 24.7 Å². The third-order valence-electron chi connectivity index (χ3n) is 4.87. The summed E-state index contributed by atoms with van der Waals surface area (Å²) in [6.07, 6.45) is 7.31. The zero-order chi connectivity index (χ0) is 20.4. The molecule has 1 atom stereocenters. The first kappa shape index (κ1) is 19.6. The maximum atomic E-state index is 12.7. The molecule has 29 heavy (non-hydrogen) atoms. The van der Waals surface area contributed by atoms with Crippen molar-refractivity contribution < 1.29 is 13.2 Å². The second kappa shape index (κ2) is 7.96. The predicted octanol–water partition coefficient (Wildman–Crippen LogP) is 2.42. The van der Waals surface area contributed by atoms with Crippen LogP contribution in [0.1, 0.15) is 34.9 Å². The molecule has 3 aromatic heterocycles. The SMILES string of the molecule is CS(=O)(=O)c1cnc(-c2ccncc2)nc1[C@H]1CCCN(C(=O)c2cscn2)C1. The van der Waals surface area contributed by atoms with Gasteiger partial charge in [0, 0.05) is 54.8 Å². The number of carbonyl (C=O) groups is 1. The number of sulfone groups is 1. The molecule has 10 heteroatoms. The monoisotopic (exact) mass is 429 g/mol. The molecule has 0 aromatic carbocycles. The summed E-state index contributed by atoms with van der Waals surface area (Å²) in [4.78, 5) is 31.5. The zero-order valence-corrected chi connectivity index (χ0v) is 17.4. The van der Waals surface area contributed by atoms with E-state index in [1.165, 1.54) is 17.5 Å². The normalized spacial score (nSPS) is 17.3. The Morgan fingerprint density at radius 1 is 1.24 bits per heavy atom. The first-order chi connectivity index (χ1) is 13.9. The topological polar surface area (TPSA) is 106 Å². The highest BCUT2D eigenvalue weighted by molar-refractivity contribution is 7.90. The van der Waals surface area contributed by atoms with E-state index in [9.17, 15) is 13.2 Å². The number of pyridine rings is 1. The minimum absolute atomic E-state index is 0.114. The predicted molar refractivity (Wildman–Crippen MR) is 108 cm³/mol. The van der Waals surface area contributed by atoms with Gasteiger partial charge in [-0.25, -0.2) is 23.4 Å². The molecule has 0 unspecified atom stereocenters. The molecule has 4 rings (SSSR count). The minimum Gasteiger partial charge on any atom is -0.337 e. The number of piperidine rings is 1. The molecule has 1 aliphatic heterocycles. The van der Waals surface area contributed by atoms with Crippen molar-refractivity contribution in [3.63, 3.8) is 0 Å². The van der Waals surface area contributed by atoms with Crippen molar-refractivity contribution in [2.75, 3.05) is 19.3 Å². The van der Waals surface area contributed by atoms with Gasteiger partial charge in [0.1, 0.15) is 10.6 Å². The number of aromatic nitrogens is 4. The van der Waals surface area contributed by atoms with Crippen LogP contribution in [0.15, 0.2) is 46.5 Å². The Kier molecular flexibility index (Phi) is 5.37. The molecule has 3 aromatic rings. The van der Waals surface area contributed by atoms with Crippen LogP contribution >= 0.6 is 11.3 Å². The summed E-state index contributed by atoms with van der Waals surface area (Å²) in [5, 5.41) is 1.72. The lowest BCUT2D eigenvalue weighted by molar-refractivity contribution is 0.0700. The smallest absolute Gasteiger partial charge is 0.273 e. The van der Waals surface area contributed by atoms with Crippen LogP contribution in [0, 0.1) is 0 Å². The molecule has 0 N–H and O–H groups in total. The van der Waals surface area contributed by atoms with Crippen LogP contribution < -0.4 is 0 Å². The third-order valence-corrected chi connectivity index (χ3v) is 6.57. The van der Waals surface area contributed by atoms with E-state index in [0.29, 0.717) is 30.3 Å². The van der Waals surface area contributed by atoms with E-state index in [4.69, 9.17) is 0 Å². The fourth-order valence-electron chi connectivity index (χ4n) is 3.47. The minimum atomic E-state index is -3.51. The van der Waals surface area contributed by atoms with Gasteiger partial charge in [-0.05, 0) is 25.0 Å². The number of carbonyl (C=O) groups excluding carboxylic acids is 1. The number of nitrogens with zero attached hydrogens (tertiary/aromatic N) is 5. The average Bonchev–Trinajstić information content (AvgIpc) is 3.28. The molecule has 0 aliphatic carbocycles. The number of hydrogen-bond donors (Lipinski definition) is 0. The maximum absolute atomic E-state index is 12.7. The third kappa shape index (κ3) is 4.18. The fraction of sp³-hybridized carbons (Fsp3) is 0.316. The van der Waals surface area contributed by atoms with Crippen LogP contribution in [0.25, 0.3) is 11.4 Å². The van der Waals surface area contributed by atoms with Gasteiger partial charge in [-0.2, -0.15) is 0 Å². The molecule has 0 bridgehead atoms. The van der Waals surface area contributed by atoms with E-state index < -0.39 is 9.84 Å². The van der Waals surface area contributed by atoms with E-state index in [-0.39, 0.29) is 16.7 Å². The maximum Gasteiger partial charge on any atom is 0.273 e. The molecule has 4 heterocycles. The Morgan fingerprint density at radius 2 is 2.03 bits per heavy atom. The van der Waals surface area contributed by atoms with Crippen molar-refractivity contribution in [3.05, 3.63) is 53.0 Å². The second-order valence-electron chi connectivity index (χ2n) is 6.92. The standard InChI is InChI=1S/C19H19N5O3S2/c1-29(26,27)16-9-21-18(13-4-6-20-7-5-13)23-17(16)14-3-2-8-24(10-14)19(25)15-11-28-12-22-15/h4-7,9,11-12,14H,2-3,8,10H2,1H3/t14-/m0/s1. The first-order valence-electron chi connectivity index (χ1n) is 9.08. The highest BCUT2D eigenvalue weighted by Crippen LogP contribution is 2.31. The van der Waals surface area contributed by atoms with Gasteiger partial charge in [0.2, 0.25) is 0 Å². The number of rotatable bonds is 4. The summed E-state index contributed by atoms with van der Waals surface area (Å²) in [7, 11) is -3.51. The second-order valence-corrected chi connectivity index (χ2v) is 9.62. The van der Waals surface area contributed by atoms with Crippen LogP contribution in [0.5, 0.6) is 0 Å². The average molecular weight is 430 g/mol. The number of thiazole rings is 1. The van der Waals surface area contributed by atoms with Gasteiger partial charge in [0.25, 0.3) is 5.91 Å². The van der Waals surface area contributed by atoms with Gasteiger partial charge < -0.3 is 4.90 Å². The Bertz CT molecular complexity index is 1120. The molecule has 1 saturated heterocycles. The molecule has 0 spiro atoms. The van der Waals surface area contributed by atoms with Crippen LogP contribution in [0.4, 0.5) is 0 Å². The summed E-state index contributed by atoms with van der Waals surface area (Å²) >= 11 is 1.37. The first-order valence-corrected chi connectivity index (χ1v) is 11.9. The molecule has 0 radical (unpaired) electrons. The molecule has 150 valence electrons. The van der Waals surface area contributed by atoms with Crippen LogP contribution in [0.2, 0.25) is 0 Å². The molecule has 0 saturated carbocycles. The number of amides is 1. The number of likely N-dealkylation sites (tertiary alicyclic amines) is 1. The summed E-state index contributed by atoms with van der Waals surface area (Å²) in [6, 6.07) is 3.55. The van der Waals surface area contributed by atoms with E-state index in [1.807, 2.05) is 0 Å². The molecular weight excluding hydrogens is 410 g/mol. The zero-order valence-electron chi connectivity index (χ0n) is 15.7. The van der Waals surface area contributed by atoms with Gasteiger partial charge in [-0.15, -0.1) is 11.3 Å². The lowest BCUT2D eigenvalue weighted by atomic mass is 9.94. The molecule has 1 aliphatic rings. The Balaban J connectivity index is 1.71. The van der Waals surface area contributed by atoms with E-state index >= 15 is 0 Å². The van der Waals surface area contributed by atoms with Gasteiger partial charge in [0.05, 0.1) is 11.2 Å². The number of hydrogen-bond acceptors (Lipinski definition) is 8. The van der Waals surface area contributed by atoms with Crippen LogP contribution in [0.3, 0.4) is 0 Å². The largest absolute Gasteiger partial charge is 0.337 e. The van der Waals surface area contributed by atoms with Crippen molar-refractivity contribution >= 4 is 27.1 Å². The fourth-order valence-corrected chi connectivity index (χ4v) is 4.83. The van der Waals surface area contributed by atoms with Gasteiger partial charge >= 0.3 is 0 Å². The summed E-state index contributed by atoms with van der Waals surface area (Å²) in [6.45, 7) is 1.01. The van der Waals surface area contributed by atoms with Crippen molar-refractivity contribution in [1.82, 2.24) is 24.8 Å². The van der Waals surface area contributed by atoms with Crippen molar-refractivity contribution in [3.8, 4) is 11.4 Å². The quantitative estimate of drug-likeness (QED) is 0.627. The van der Waals surface area contributed by atoms with Gasteiger partial charge in [-0.3, -0.25) is 9.78 Å². The molecule has 8 nitrogen and oxygen atoms in total. The van der Waals surface area contributed by atoms with Crippen molar-refractivity contribution in [2.45, 2.75) is 23.7 Å². The summed E-state index contributed by atoms with van der Waals surface area (Å²) in [5.74, 6) is 0.109. The van der Waals surface area contributed by atoms with Gasteiger partial charge in [-0.1, -0.05) is 0 Å². The molecular formula is C19H19N5O3S2. The highest BCUT2D eigenvalue weighted by Gasteiger charge is 2.31. The highest BCUT2D eigenvalue weighted by atomic mass is 32.2. The van der Waals surface area contributed by atoms with Crippen molar-refractivity contribution in [2.24, 2.45) is 0 Å².